The highest BCUT2D eigenvalue weighted by Gasteiger charge is 2.21. The summed E-state index contributed by atoms with van der Waals surface area (Å²) >= 11 is 0. The Morgan fingerprint density at radius 2 is 2.44 bits per heavy atom. The SMILES string of the molecule is Cn1nccc1CNCC(=O)NCC1CC1. The van der Waals surface area contributed by atoms with Gasteiger partial charge in [-0.3, -0.25) is 9.48 Å². The van der Waals surface area contributed by atoms with E-state index in [1.54, 1.807) is 10.9 Å². The van der Waals surface area contributed by atoms with Crippen LogP contribution in [0.2, 0.25) is 0 Å². The lowest BCUT2D eigenvalue weighted by molar-refractivity contribution is -0.120. The van der Waals surface area contributed by atoms with Gasteiger partial charge in [0.1, 0.15) is 0 Å². The zero-order chi connectivity index (χ0) is 11.4. The van der Waals surface area contributed by atoms with Crippen molar-refractivity contribution >= 4 is 5.91 Å². The summed E-state index contributed by atoms with van der Waals surface area (Å²) in [4.78, 5) is 11.4. The molecule has 0 atom stereocenters. The molecule has 1 fully saturated rings. The lowest BCUT2D eigenvalue weighted by Gasteiger charge is -2.06. The third kappa shape index (κ3) is 3.34. The van der Waals surface area contributed by atoms with Gasteiger partial charge in [-0.1, -0.05) is 0 Å². The first-order valence-corrected chi connectivity index (χ1v) is 5.70. The first-order valence-electron chi connectivity index (χ1n) is 5.70. The molecule has 1 heterocycles. The van der Waals surface area contributed by atoms with Crippen LogP contribution in [0.3, 0.4) is 0 Å². The van der Waals surface area contributed by atoms with E-state index in [9.17, 15) is 4.79 Å². The maximum Gasteiger partial charge on any atom is 0.233 e. The van der Waals surface area contributed by atoms with Crippen molar-refractivity contribution in [1.82, 2.24) is 20.4 Å². The van der Waals surface area contributed by atoms with Gasteiger partial charge in [-0.2, -0.15) is 5.10 Å². The smallest absolute Gasteiger partial charge is 0.233 e. The number of aryl methyl sites for hydroxylation is 1. The minimum absolute atomic E-state index is 0.0778. The van der Waals surface area contributed by atoms with Crippen LogP contribution in [0.1, 0.15) is 18.5 Å². The summed E-state index contributed by atoms with van der Waals surface area (Å²) in [7, 11) is 1.89. The summed E-state index contributed by atoms with van der Waals surface area (Å²) in [6, 6.07) is 1.94. The van der Waals surface area contributed by atoms with E-state index in [-0.39, 0.29) is 5.91 Å². The molecule has 16 heavy (non-hydrogen) atoms. The van der Waals surface area contributed by atoms with E-state index in [0.717, 1.165) is 18.2 Å². The first-order chi connectivity index (χ1) is 7.75. The van der Waals surface area contributed by atoms with Crippen molar-refractivity contribution < 1.29 is 4.79 Å². The van der Waals surface area contributed by atoms with Crippen molar-refractivity contribution in [2.45, 2.75) is 19.4 Å². The highest BCUT2D eigenvalue weighted by Crippen LogP contribution is 2.27. The highest BCUT2D eigenvalue weighted by molar-refractivity contribution is 5.77. The number of carbonyl (C=O) groups is 1. The molecule has 1 amide bonds. The minimum atomic E-state index is 0.0778. The second-order valence-electron chi connectivity index (χ2n) is 4.30. The average Bonchev–Trinajstić information content (AvgIpc) is 3.01. The van der Waals surface area contributed by atoms with Crippen LogP contribution < -0.4 is 10.6 Å². The Balaban J connectivity index is 1.59. The molecule has 0 aliphatic heterocycles. The van der Waals surface area contributed by atoms with Crippen molar-refractivity contribution in [3.63, 3.8) is 0 Å². The predicted octanol–water partition coefficient (Wildman–Crippen LogP) is 0.0359. The predicted molar refractivity (Wildman–Crippen MR) is 60.6 cm³/mol. The van der Waals surface area contributed by atoms with E-state index in [4.69, 9.17) is 0 Å². The van der Waals surface area contributed by atoms with E-state index in [0.29, 0.717) is 13.1 Å². The summed E-state index contributed by atoms with van der Waals surface area (Å²) in [6.07, 6.45) is 4.29. The van der Waals surface area contributed by atoms with Crippen molar-refractivity contribution in [2.24, 2.45) is 13.0 Å². The minimum Gasteiger partial charge on any atom is -0.355 e. The van der Waals surface area contributed by atoms with Gasteiger partial charge in [-0.05, 0) is 24.8 Å². The van der Waals surface area contributed by atoms with Crippen molar-refractivity contribution in [1.29, 1.82) is 0 Å². The topological polar surface area (TPSA) is 59.0 Å². The van der Waals surface area contributed by atoms with Gasteiger partial charge in [0.2, 0.25) is 5.91 Å². The standard InChI is InChI=1S/C11H18N4O/c1-15-10(4-5-14-15)7-12-8-11(16)13-6-9-2-3-9/h4-5,9,12H,2-3,6-8H2,1H3,(H,13,16). The van der Waals surface area contributed by atoms with Crippen LogP contribution in [0.25, 0.3) is 0 Å². The summed E-state index contributed by atoms with van der Waals surface area (Å²) in [5.41, 5.74) is 1.08. The molecule has 0 spiro atoms. The van der Waals surface area contributed by atoms with Gasteiger partial charge in [0.15, 0.2) is 0 Å². The summed E-state index contributed by atoms with van der Waals surface area (Å²) in [6.45, 7) is 1.89. The van der Waals surface area contributed by atoms with Crippen LogP contribution in [0.4, 0.5) is 0 Å². The maximum absolute atomic E-state index is 11.4. The third-order valence-electron chi connectivity index (χ3n) is 2.80. The zero-order valence-electron chi connectivity index (χ0n) is 9.57. The number of carbonyl (C=O) groups excluding carboxylic acids is 1. The summed E-state index contributed by atoms with van der Waals surface area (Å²) < 4.78 is 1.80. The lowest BCUT2D eigenvalue weighted by atomic mass is 10.4. The summed E-state index contributed by atoms with van der Waals surface area (Å²) in [5.74, 6) is 0.815. The Kier molecular flexibility index (Phi) is 3.56. The van der Waals surface area contributed by atoms with Gasteiger partial charge < -0.3 is 10.6 Å². The van der Waals surface area contributed by atoms with E-state index >= 15 is 0 Å². The van der Waals surface area contributed by atoms with Crippen molar-refractivity contribution in [2.75, 3.05) is 13.1 Å². The molecular weight excluding hydrogens is 204 g/mol. The molecule has 88 valence electrons. The largest absolute Gasteiger partial charge is 0.355 e. The van der Waals surface area contributed by atoms with E-state index in [1.807, 2.05) is 13.1 Å². The molecule has 1 aromatic heterocycles. The number of nitrogens with one attached hydrogen (secondary N) is 2. The Morgan fingerprint density at radius 1 is 1.62 bits per heavy atom. The molecule has 0 radical (unpaired) electrons. The molecule has 1 aliphatic rings. The van der Waals surface area contributed by atoms with Gasteiger partial charge in [0, 0.05) is 26.3 Å². The maximum atomic E-state index is 11.4. The van der Waals surface area contributed by atoms with E-state index < -0.39 is 0 Å². The second kappa shape index (κ2) is 5.12. The van der Waals surface area contributed by atoms with Crippen LogP contribution in [0, 0.1) is 5.92 Å². The van der Waals surface area contributed by atoms with Crippen LogP contribution in [-0.4, -0.2) is 28.8 Å². The molecule has 1 aromatic rings. The van der Waals surface area contributed by atoms with Crippen molar-refractivity contribution in [3.05, 3.63) is 18.0 Å². The van der Waals surface area contributed by atoms with Crippen LogP contribution in [0.15, 0.2) is 12.3 Å². The molecule has 5 heteroatoms. The molecule has 0 aromatic carbocycles. The van der Waals surface area contributed by atoms with Crippen LogP contribution in [-0.2, 0) is 18.4 Å². The van der Waals surface area contributed by atoms with Gasteiger partial charge in [0.25, 0.3) is 0 Å². The molecule has 0 bridgehead atoms. The second-order valence-corrected chi connectivity index (χ2v) is 4.30. The van der Waals surface area contributed by atoms with Crippen LogP contribution >= 0.6 is 0 Å². The Bertz CT molecular complexity index is 357. The Morgan fingerprint density at radius 3 is 3.06 bits per heavy atom. The quantitative estimate of drug-likeness (QED) is 0.714. The number of aromatic nitrogens is 2. The fraction of sp³-hybridized carbons (Fsp3) is 0.636. The number of amides is 1. The molecule has 1 saturated carbocycles. The monoisotopic (exact) mass is 222 g/mol. The fourth-order valence-electron chi connectivity index (χ4n) is 1.52. The normalized spacial score (nSPS) is 15.1. The Labute approximate surface area is 95.2 Å². The number of hydrogen-bond donors (Lipinski definition) is 2. The molecule has 5 nitrogen and oxygen atoms in total. The number of nitrogens with zero attached hydrogens (tertiary/aromatic N) is 2. The fourth-order valence-corrected chi connectivity index (χ4v) is 1.52. The van der Waals surface area contributed by atoms with Crippen molar-refractivity contribution in [3.8, 4) is 0 Å². The number of hydrogen-bond acceptors (Lipinski definition) is 3. The highest BCUT2D eigenvalue weighted by atomic mass is 16.1. The van der Waals surface area contributed by atoms with Gasteiger partial charge in [-0.25, -0.2) is 0 Å². The third-order valence-corrected chi connectivity index (χ3v) is 2.80. The zero-order valence-corrected chi connectivity index (χ0v) is 9.57. The molecule has 2 rings (SSSR count). The van der Waals surface area contributed by atoms with Gasteiger partial charge in [-0.15, -0.1) is 0 Å². The number of rotatable bonds is 6. The van der Waals surface area contributed by atoms with Crippen LogP contribution in [0.5, 0.6) is 0 Å². The summed E-state index contributed by atoms with van der Waals surface area (Å²) in [5, 5.41) is 10.1. The van der Waals surface area contributed by atoms with E-state index in [2.05, 4.69) is 15.7 Å². The average molecular weight is 222 g/mol. The lowest BCUT2D eigenvalue weighted by Crippen LogP contribution is -2.34. The Hall–Kier alpha value is -1.36. The van der Waals surface area contributed by atoms with Gasteiger partial charge in [0.05, 0.1) is 12.2 Å². The molecule has 0 unspecified atom stereocenters. The molecule has 1 aliphatic carbocycles. The molecule has 2 N–H and O–H groups in total. The first kappa shape index (κ1) is 11.1. The van der Waals surface area contributed by atoms with Gasteiger partial charge >= 0.3 is 0 Å². The van der Waals surface area contributed by atoms with E-state index in [1.165, 1.54) is 12.8 Å². The molecule has 0 saturated heterocycles. The molecular formula is C11H18N4O.